The second-order valence-corrected chi connectivity index (χ2v) is 9.75. The molecule has 1 N–H and O–H groups in total. The van der Waals surface area contributed by atoms with Crippen LogP contribution in [-0.2, 0) is 22.6 Å². The summed E-state index contributed by atoms with van der Waals surface area (Å²) in [6.45, 7) is 8.74. The second kappa shape index (κ2) is 13.5. The summed E-state index contributed by atoms with van der Waals surface area (Å²) in [6, 6.07) is 22.4. The van der Waals surface area contributed by atoms with E-state index in [4.69, 9.17) is 9.47 Å². The number of benzene rings is 3. The van der Waals surface area contributed by atoms with Gasteiger partial charge in [-0.3, -0.25) is 9.59 Å². The molecular weight excluding hydrogens is 464 g/mol. The standard InChI is InChI=1S/C31H38N2O4/c1-22(2)19-32-31(35)29(18-25-10-7-6-8-11-25)33(20-26-12-9-13-27(17-26)36-5)30(34)21-37-28-15-14-23(3)24(4)16-28/h6-17,22,29H,18-21H2,1-5H3,(H,32,35)/t29-/m0/s1. The minimum atomic E-state index is -0.705. The van der Waals surface area contributed by atoms with Crippen molar-refractivity contribution in [1.82, 2.24) is 10.2 Å². The Morgan fingerprint density at radius 3 is 2.27 bits per heavy atom. The molecule has 3 aromatic rings. The highest BCUT2D eigenvalue weighted by Crippen LogP contribution is 2.20. The summed E-state index contributed by atoms with van der Waals surface area (Å²) in [7, 11) is 1.61. The predicted octanol–water partition coefficient (Wildman–Crippen LogP) is 5.10. The van der Waals surface area contributed by atoms with Gasteiger partial charge < -0.3 is 19.7 Å². The zero-order valence-electron chi connectivity index (χ0n) is 22.5. The van der Waals surface area contributed by atoms with Crippen molar-refractivity contribution in [3.8, 4) is 11.5 Å². The van der Waals surface area contributed by atoms with Gasteiger partial charge in [0, 0.05) is 19.5 Å². The van der Waals surface area contributed by atoms with E-state index >= 15 is 0 Å². The first-order valence-corrected chi connectivity index (χ1v) is 12.7. The number of carbonyl (C=O) groups is 2. The molecule has 3 aromatic carbocycles. The topological polar surface area (TPSA) is 67.9 Å². The Bertz CT molecular complexity index is 1180. The second-order valence-electron chi connectivity index (χ2n) is 9.75. The molecule has 0 aromatic heterocycles. The number of aryl methyl sites for hydroxylation is 2. The zero-order chi connectivity index (χ0) is 26.8. The van der Waals surface area contributed by atoms with Gasteiger partial charge in [0.05, 0.1) is 7.11 Å². The van der Waals surface area contributed by atoms with Gasteiger partial charge in [-0.25, -0.2) is 0 Å². The lowest BCUT2D eigenvalue weighted by Crippen LogP contribution is -2.52. The monoisotopic (exact) mass is 502 g/mol. The molecule has 196 valence electrons. The Morgan fingerprint density at radius 1 is 0.865 bits per heavy atom. The number of hydrogen-bond donors (Lipinski definition) is 1. The molecule has 0 radical (unpaired) electrons. The molecule has 0 aliphatic carbocycles. The molecule has 6 nitrogen and oxygen atoms in total. The van der Waals surface area contributed by atoms with Crippen LogP contribution >= 0.6 is 0 Å². The fraction of sp³-hybridized carbons (Fsp3) is 0.355. The number of hydrogen-bond acceptors (Lipinski definition) is 4. The third-order valence-corrected chi connectivity index (χ3v) is 6.28. The molecule has 3 rings (SSSR count). The minimum Gasteiger partial charge on any atom is -0.497 e. The lowest BCUT2D eigenvalue weighted by atomic mass is 10.0. The Balaban J connectivity index is 1.91. The van der Waals surface area contributed by atoms with Crippen molar-refractivity contribution < 1.29 is 19.1 Å². The highest BCUT2D eigenvalue weighted by Gasteiger charge is 2.30. The lowest BCUT2D eigenvalue weighted by molar-refractivity contribution is -0.142. The molecule has 0 spiro atoms. The number of carbonyl (C=O) groups excluding carboxylic acids is 2. The van der Waals surface area contributed by atoms with E-state index in [1.807, 2.05) is 100 Å². The Kier molecular flexibility index (Phi) is 10.1. The maximum absolute atomic E-state index is 13.7. The van der Waals surface area contributed by atoms with Gasteiger partial charge in [0.25, 0.3) is 5.91 Å². The Labute approximate surface area is 220 Å². The van der Waals surface area contributed by atoms with Crippen LogP contribution in [0.4, 0.5) is 0 Å². The first kappa shape index (κ1) is 27.8. The SMILES string of the molecule is COc1cccc(CN(C(=O)COc2ccc(C)c(C)c2)[C@@H](Cc2ccccc2)C(=O)NCC(C)C)c1. The molecular formula is C31H38N2O4. The number of methoxy groups -OCH3 is 1. The van der Waals surface area contributed by atoms with E-state index in [9.17, 15) is 9.59 Å². The van der Waals surface area contributed by atoms with E-state index in [0.717, 1.165) is 22.3 Å². The molecule has 0 bridgehead atoms. The number of rotatable bonds is 12. The molecule has 6 heteroatoms. The third kappa shape index (κ3) is 8.38. The molecule has 0 fully saturated rings. The first-order chi connectivity index (χ1) is 17.8. The van der Waals surface area contributed by atoms with Gasteiger partial charge in [0.2, 0.25) is 5.91 Å². The van der Waals surface area contributed by atoms with Crippen molar-refractivity contribution in [1.29, 1.82) is 0 Å². The molecule has 0 aliphatic rings. The van der Waals surface area contributed by atoms with Gasteiger partial charge in [-0.15, -0.1) is 0 Å². The molecule has 1 atom stereocenters. The summed E-state index contributed by atoms with van der Waals surface area (Å²) in [4.78, 5) is 28.8. The Morgan fingerprint density at radius 2 is 1.59 bits per heavy atom. The number of amides is 2. The predicted molar refractivity (Wildman–Crippen MR) is 147 cm³/mol. The molecule has 0 saturated carbocycles. The summed E-state index contributed by atoms with van der Waals surface area (Å²) in [6.07, 6.45) is 0.393. The van der Waals surface area contributed by atoms with Crippen LogP contribution in [0.3, 0.4) is 0 Å². The van der Waals surface area contributed by atoms with Crippen LogP contribution in [0.1, 0.15) is 36.1 Å². The van der Waals surface area contributed by atoms with Crippen LogP contribution in [0.2, 0.25) is 0 Å². The van der Waals surface area contributed by atoms with Gasteiger partial charge in [-0.05, 0) is 66.3 Å². The number of nitrogens with zero attached hydrogens (tertiary/aromatic N) is 1. The maximum Gasteiger partial charge on any atom is 0.261 e. The van der Waals surface area contributed by atoms with Crippen molar-refractivity contribution in [2.45, 2.75) is 46.7 Å². The van der Waals surface area contributed by atoms with E-state index in [2.05, 4.69) is 5.32 Å². The molecule has 0 saturated heterocycles. The average Bonchev–Trinajstić information content (AvgIpc) is 2.90. The van der Waals surface area contributed by atoms with Crippen molar-refractivity contribution >= 4 is 11.8 Å². The van der Waals surface area contributed by atoms with E-state index in [-0.39, 0.29) is 30.9 Å². The van der Waals surface area contributed by atoms with Gasteiger partial charge in [-0.1, -0.05) is 62.4 Å². The highest BCUT2D eigenvalue weighted by molar-refractivity contribution is 5.88. The van der Waals surface area contributed by atoms with E-state index < -0.39 is 6.04 Å². The largest absolute Gasteiger partial charge is 0.497 e. The Hall–Kier alpha value is -3.80. The fourth-order valence-corrected chi connectivity index (χ4v) is 3.98. The molecule has 37 heavy (non-hydrogen) atoms. The summed E-state index contributed by atoms with van der Waals surface area (Å²) >= 11 is 0. The minimum absolute atomic E-state index is 0.171. The highest BCUT2D eigenvalue weighted by atomic mass is 16.5. The molecule has 2 amide bonds. The quantitative estimate of drug-likeness (QED) is 0.374. The normalized spacial score (nSPS) is 11.6. The van der Waals surface area contributed by atoms with Crippen LogP contribution in [-0.4, -0.2) is 43.0 Å². The summed E-state index contributed by atoms with van der Waals surface area (Å²) < 4.78 is 11.3. The smallest absolute Gasteiger partial charge is 0.261 e. The van der Waals surface area contributed by atoms with Crippen LogP contribution in [0, 0.1) is 19.8 Å². The van der Waals surface area contributed by atoms with Gasteiger partial charge >= 0.3 is 0 Å². The summed E-state index contributed by atoms with van der Waals surface area (Å²) in [5, 5.41) is 3.04. The van der Waals surface area contributed by atoms with E-state index in [1.54, 1.807) is 12.0 Å². The lowest BCUT2D eigenvalue weighted by Gasteiger charge is -2.31. The summed E-state index contributed by atoms with van der Waals surface area (Å²) in [5.41, 5.74) is 4.09. The van der Waals surface area contributed by atoms with Crippen LogP contribution < -0.4 is 14.8 Å². The first-order valence-electron chi connectivity index (χ1n) is 12.7. The summed E-state index contributed by atoms with van der Waals surface area (Å²) in [5.74, 6) is 1.17. The van der Waals surface area contributed by atoms with E-state index in [1.165, 1.54) is 0 Å². The van der Waals surface area contributed by atoms with Gasteiger partial charge in [0.1, 0.15) is 17.5 Å². The van der Waals surface area contributed by atoms with Gasteiger partial charge in [0.15, 0.2) is 6.61 Å². The van der Waals surface area contributed by atoms with Crippen LogP contribution in [0.25, 0.3) is 0 Å². The maximum atomic E-state index is 13.7. The number of nitrogens with one attached hydrogen (secondary N) is 1. The van der Waals surface area contributed by atoms with Crippen molar-refractivity contribution in [2.24, 2.45) is 5.92 Å². The van der Waals surface area contributed by atoms with Crippen LogP contribution in [0.5, 0.6) is 11.5 Å². The van der Waals surface area contributed by atoms with E-state index in [0.29, 0.717) is 24.5 Å². The molecule has 0 heterocycles. The van der Waals surface area contributed by atoms with Crippen LogP contribution in [0.15, 0.2) is 72.8 Å². The van der Waals surface area contributed by atoms with Crippen molar-refractivity contribution in [3.63, 3.8) is 0 Å². The van der Waals surface area contributed by atoms with Crippen molar-refractivity contribution in [2.75, 3.05) is 20.3 Å². The molecule has 0 unspecified atom stereocenters. The average molecular weight is 503 g/mol. The zero-order valence-corrected chi connectivity index (χ0v) is 22.5. The third-order valence-electron chi connectivity index (χ3n) is 6.28. The van der Waals surface area contributed by atoms with Crippen molar-refractivity contribution in [3.05, 3.63) is 95.1 Å². The number of ether oxygens (including phenoxy) is 2. The fourth-order valence-electron chi connectivity index (χ4n) is 3.98. The molecule has 0 aliphatic heterocycles. The van der Waals surface area contributed by atoms with Gasteiger partial charge in [-0.2, -0.15) is 0 Å².